The second kappa shape index (κ2) is 18.6. The van der Waals surface area contributed by atoms with Crippen molar-refractivity contribution in [1.29, 1.82) is 0 Å². The average molecular weight is 937 g/mol. The molecule has 17 nitrogen and oxygen atoms in total. The van der Waals surface area contributed by atoms with Gasteiger partial charge in [0.2, 0.25) is 32.2 Å². The highest BCUT2D eigenvalue weighted by molar-refractivity contribution is 7.99. The van der Waals surface area contributed by atoms with Gasteiger partial charge in [0.15, 0.2) is 5.65 Å². The van der Waals surface area contributed by atoms with Crippen LogP contribution in [0, 0.1) is 11.8 Å². The molecule has 4 aromatic heterocycles. The number of nitrogens with zero attached hydrogens (tertiary/aromatic N) is 8. The first-order chi connectivity index (χ1) is 30.4. The Bertz CT molecular complexity index is 2690. The molecule has 0 bridgehead atoms. The zero-order valence-electron chi connectivity index (χ0n) is 37.6. The molecule has 8 rings (SSSR count). The van der Waals surface area contributed by atoms with Gasteiger partial charge < -0.3 is 33.9 Å². The highest BCUT2D eigenvalue weighted by Gasteiger charge is 2.65. The molecule has 0 unspecified atom stereocenters. The minimum absolute atomic E-state index is 0.0368. The van der Waals surface area contributed by atoms with Crippen molar-refractivity contribution >= 4 is 44.7 Å². The van der Waals surface area contributed by atoms with Crippen LogP contribution in [0.25, 0.3) is 11.3 Å². The van der Waals surface area contributed by atoms with E-state index >= 15 is 0 Å². The predicted octanol–water partition coefficient (Wildman–Crippen LogP) is 6.24. The Labute approximate surface area is 381 Å². The molecule has 0 aliphatic carbocycles. The molecule has 0 amide bonds. The van der Waals surface area contributed by atoms with Crippen molar-refractivity contribution in [2.24, 2.45) is 11.8 Å². The molecule has 0 saturated carbocycles. The van der Waals surface area contributed by atoms with Crippen molar-refractivity contribution in [2.75, 3.05) is 25.9 Å². The molecule has 2 N–H and O–H groups in total. The average Bonchev–Trinajstić information content (AvgIpc) is 4.04. The Hall–Kier alpha value is -4.25. The zero-order chi connectivity index (χ0) is 46.2. The smallest absolute Gasteiger partial charge is 0.268 e. The van der Waals surface area contributed by atoms with Gasteiger partial charge in [-0.05, 0) is 50.3 Å². The van der Waals surface area contributed by atoms with Gasteiger partial charge in [-0.3, -0.25) is 0 Å². The van der Waals surface area contributed by atoms with Crippen LogP contribution in [-0.2, 0) is 53.6 Å². The number of fused-ring (bicyclic) bond motifs is 2. The molecular formula is C44H56N8O9S3. The molecule has 2 aliphatic heterocycles. The Morgan fingerprint density at radius 2 is 1.20 bits per heavy atom. The van der Waals surface area contributed by atoms with Gasteiger partial charge in [0.05, 0.1) is 44.9 Å². The topological polar surface area (TPSA) is 207 Å². The van der Waals surface area contributed by atoms with Gasteiger partial charge in [-0.15, -0.1) is 22.0 Å². The molecule has 2 aliphatic rings. The van der Waals surface area contributed by atoms with E-state index in [2.05, 4.69) is 44.0 Å². The van der Waals surface area contributed by atoms with Crippen LogP contribution in [-0.4, -0.2) is 107 Å². The van der Waals surface area contributed by atoms with Crippen LogP contribution in [0.1, 0.15) is 76.9 Å². The SMILES string of the molecule is CC[C@H]1O[C@@](O)(c2cnc3c(OC)nc(S(C)(=O)=O)nn23)[C@](C)(OCc2ccccc2)[C@@H]1C.CC[C@H]1O[C@@](O)(c2cnc3c(SC)nc(SC)nn23)[C@](C)(OCc2ccccc2)[C@@H]1C. The molecule has 0 spiro atoms. The van der Waals surface area contributed by atoms with Crippen LogP contribution in [0.5, 0.6) is 5.88 Å². The molecular weight excluding hydrogens is 881 g/mol. The lowest BCUT2D eigenvalue weighted by atomic mass is 9.81. The molecule has 6 aromatic rings. The molecule has 2 fully saturated rings. The minimum Gasteiger partial charge on any atom is -0.478 e. The number of methoxy groups -OCH3 is 1. The van der Waals surface area contributed by atoms with E-state index in [0.29, 0.717) is 29.5 Å². The van der Waals surface area contributed by atoms with E-state index in [9.17, 15) is 18.6 Å². The maximum atomic E-state index is 12.2. The summed E-state index contributed by atoms with van der Waals surface area (Å²) < 4.78 is 57.8. The Morgan fingerprint density at radius 1 is 0.734 bits per heavy atom. The maximum absolute atomic E-state index is 12.2. The second-order valence-electron chi connectivity index (χ2n) is 16.3. The number of hydrogen-bond donors (Lipinski definition) is 2. The number of sulfone groups is 1. The number of rotatable bonds is 14. The van der Waals surface area contributed by atoms with Crippen LogP contribution < -0.4 is 4.74 Å². The first-order valence-electron chi connectivity index (χ1n) is 20.9. The van der Waals surface area contributed by atoms with E-state index < -0.39 is 37.8 Å². The molecule has 0 radical (unpaired) electrons. The van der Waals surface area contributed by atoms with Crippen LogP contribution in [0.4, 0.5) is 0 Å². The predicted molar refractivity (Wildman–Crippen MR) is 241 cm³/mol. The summed E-state index contributed by atoms with van der Waals surface area (Å²) in [5.41, 5.74) is 1.08. The van der Waals surface area contributed by atoms with Gasteiger partial charge >= 0.3 is 0 Å². The first-order valence-corrected chi connectivity index (χ1v) is 25.3. The van der Waals surface area contributed by atoms with Gasteiger partial charge in [-0.1, -0.05) is 100 Å². The fraction of sp³-hybridized carbons (Fsp3) is 0.500. The summed E-state index contributed by atoms with van der Waals surface area (Å²) in [4.78, 5) is 17.3. The van der Waals surface area contributed by atoms with Gasteiger partial charge in [-0.2, -0.15) is 4.98 Å². The maximum Gasteiger partial charge on any atom is 0.268 e. The summed E-state index contributed by atoms with van der Waals surface area (Å²) in [6.07, 6.45) is 8.78. The van der Waals surface area contributed by atoms with Crippen LogP contribution >= 0.6 is 23.5 Å². The second-order valence-corrected chi connectivity index (χ2v) is 19.8. The van der Waals surface area contributed by atoms with Crippen molar-refractivity contribution in [3.05, 3.63) is 95.6 Å². The third-order valence-electron chi connectivity index (χ3n) is 12.6. The summed E-state index contributed by atoms with van der Waals surface area (Å²) in [7, 11) is -2.42. The highest BCUT2D eigenvalue weighted by atomic mass is 32.2. The third kappa shape index (κ3) is 8.29. The Kier molecular flexibility index (Phi) is 13.8. The largest absolute Gasteiger partial charge is 0.478 e. The molecule has 344 valence electrons. The lowest BCUT2D eigenvalue weighted by Crippen LogP contribution is -2.52. The normalized spacial score (nSPS) is 28.1. The molecule has 2 saturated heterocycles. The van der Waals surface area contributed by atoms with E-state index in [4.69, 9.17) is 23.7 Å². The van der Waals surface area contributed by atoms with Crippen LogP contribution in [0.15, 0.2) is 88.4 Å². The van der Waals surface area contributed by atoms with Crippen molar-refractivity contribution in [3.8, 4) is 5.88 Å². The zero-order valence-corrected chi connectivity index (χ0v) is 40.1. The number of thioether (sulfide) groups is 2. The molecule has 6 heterocycles. The van der Waals surface area contributed by atoms with Crippen molar-refractivity contribution in [1.82, 2.24) is 39.2 Å². The number of benzene rings is 2. The fourth-order valence-corrected chi connectivity index (χ4v) is 9.82. The molecule has 8 atom stereocenters. The van der Waals surface area contributed by atoms with E-state index in [-0.39, 0.29) is 47.9 Å². The number of hydrogen-bond acceptors (Lipinski definition) is 17. The summed E-state index contributed by atoms with van der Waals surface area (Å²) >= 11 is 2.94. The quantitative estimate of drug-likeness (QED) is 0.116. The summed E-state index contributed by atoms with van der Waals surface area (Å²) in [5, 5.41) is 33.7. The van der Waals surface area contributed by atoms with Gasteiger partial charge in [0.1, 0.15) is 27.6 Å². The van der Waals surface area contributed by atoms with E-state index in [1.807, 2.05) is 93.9 Å². The van der Waals surface area contributed by atoms with Crippen molar-refractivity contribution in [3.63, 3.8) is 0 Å². The number of aromatic nitrogens is 8. The molecule has 20 heteroatoms. The minimum atomic E-state index is -3.77. The van der Waals surface area contributed by atoms with Crippen molar-refractivity contribution in [2.45, 2.75) is 118 Å². The van der Waals surface area contributed by atoms with Crippen LogP contribution in [0.2, 0.25) is 0 Å². The lowest BCUT2D eigenvalue weighted by molar-refractivity contribution is -0.288. The number of aliphatic hydroxyl groups is 2. The number of imidazole rings is 2. The monoisotopic (exact) mass is 936 g/mol. The highest BCUT2D eigenvalue weighted by Crippen LogP contribution is 2.53. The molecule has 2 aromatic carbocycles. The summed E-state index contributed by atoms with van der Waals surface area (Å²) in [6.45, 7) is 12.3. The van der Waals surface area contributed by atoms with Gasteiger partial charge in [0, 0.05) is 18.1 Å². The van der Waals surface area contributed by atoms with E-state index in [1.165, 1.54) is 41.3 Å². The number of ether oxygens (including phenoxy) is 5. The van der Waals surface area contributed by atoms with E-state index in [1.54, 1.807) is 17.6 Å². The first kappa shape index (κ1) is 47.7. The third-order valence-corrected chi connectivity index (χ3v) is 14.7. The fourth-order valence-electron chi connectivity index (χ4n) is 8.43. The Balaban J connectivity index is 0.000000192. The molecule has 64 heavy (non-hydrogen) atoms. The van der Waals surface area contributed by atoms with E-state index in [0.717, 1.165) is 28.8 Å². The summed E-state index contributed by atoms with van der Waals surface area (Å²) in [6, 6.07) is 19.6. The van der Waals surface area contributed by atoms with Crippen LogP contribution in [0.3, 0.4) is 0 Å². The van der Waals surface area contributed by atoms with Gasteiger partial charge in [0.25, 0.3) is 11.0 Å². The standard InChI is InChI=1S/C22H28N4O6S.C22H28N4O3S2/c1-6-16-14(2)21(3,31-13-15-10-8-7-9-11-15)22(27,32-16)17-12-23-18-19(30-4)24-20(25-26(17)18)33(5,28)29;1-6-16-14(2)21(3,28-13-15-10-8-7-9-11-15)22(27,29-16)17-12-23-18-19(30-4)24-20(31-5)25-26(17)18/h7-12,14,16,27H,6,13H2,1-5H3;7-12,14,16,27H,6,13H2,1-5H3/t2*14-,16-,21-,22+/m11/s1. The van der Waals surface area contributed by atoms with Gasteiger partial charge in [-0.25, -0.2) is 32.4 Å². The Morgan fingerprint density at radius 3 is 1.62 bits per heavy atom. The summed E-state index contributed by atoms with van der Waals surface area (Å²) in [5.74, 6) is -4.00. The lowest BCUT2D eigenvalue weighted by Gasteiger charge is -2.39. The van der Waals surface area contributed by atoms with Crippen molar-refractivity contribution < 1.29 is 42.3 Å².